The van der Waals surface area contributed by atoms with E-state index < -0.39 is 10.0 Å². The Morgan fingerprint density at radius 2 is 2.23 bits per heavy atom. The van der Waals surface area contributed by atoms with Gasteiger partial charge in [-0.25, -0.2) is 12.4 Å². The van der Waals surface area contributed by atoms with Gasteiger partial charge >= 0.3 is 0 Å². The van der Waals surface area contributed by atoms with E-state index in [1.54, 1.807) is 24.4 Å². The lowest BCUT2D eigenvalue weighted by Gasteiger charge is -2.05. The molecule has 2 aromatic rings. The zero-order valence-electron chi connectivity index (χ0n) is 12.3. The summed E-state index contributed by atoms with van der Waals surface area (Å²) in [5.74, 6) is 0.994. The first-order valence-electron chi connectivity index (χ1n) is 7.32. The molecule has 7 heteroatoms. The molecule has 0 saturated heterocycles. The largest absolute Gasteiger partial charge is 0.372 e. The van der Waals surface area contributed by atoms with Crippen LogP contribution in [-0.4, -0.2) is 37.1 Å². The summed E-state index contributed by atoms with van der Waals surface area (Å²) in [5, 5.41) is 4.57. The molecule has 1 aromatic heterocycles. The average Bonchev–Trinajstić information content (AvgIpc) is 3.08. The minimum atomic E-state index is -3.37. The molecule has 1 aromatic carbocycles. The summed E-state index contributed by atoms with van der Waals surface area (Å²) >= 11 is 6.32. The zero-order chi connectivity index (χ0) is 15.7. The van der Waals surface area contributed by atoms with E-state index in [0.29, 0.717) is 23.4 Å². The number of fused-ring (bicyclic) bond motifs is 1. The molecule has 3 rings (SSSR count). The lowest BCUT2D eigenvalue weighted by atomic mass is 10.1. The van der Waals surface area contributed by atoms with Gasteiger partial charge in [-0.15, -0.1) is 0 Å². The van der Waals surface area contributed by atoms with Gasteiger partial charge in [-0.1, -0.05) is 24.6 Å². The molecule has 0 atom stereocenters. The molecule has 5 nitrogen and oxygen atoms in total. The minimum Gasteiger partial charge on any atom is -0.372 e. The van der Waals surface area contributed by atoms with Gasteiger partial charge in [0.05, 0.1) is 22.8 Å². The molecule has 0 spiro atoms. The Labute approximate surface area is 135 Å². The van der Waals surface area contributed by atoms with Gasteiger partial charge in [0.2, 0.25) is 10.0 Å². The van der Waals surface area contributed by atoms with Gasteiger partial charge in [0.15, 0.2) is 0 Å². The second kappa shape index (κ2) is 5.93. The highest BCUT2D eigenvalue weighted by Gasteiger charge is 2.21. The number of nitrogens with one attached hydrogen (secondary N) is 1. The monoisotopic (exact) mass is 339 g/mol. The highest BCUT2D eigenvalue weighted by Crippen LogP contribution is 2.30. The summed E-state index contributed by atoms with van der Waals surface area (Å²) < 4.78 is 26.3. The molecule has 0 amide bonds. The van der Waals surface area contributed by atoms with Crippen molar-refractivity contribution in [1.29, 1.82) is 0 Å². The molecular weight excluding hydrogens is 322 g/mol. The van der Waals surface area contributed by atoms with Gasteiger partial charge in [0.1, 0.15) is 5.84 Å². The van der Waals surface area contributed by atoms with Crippen molar-refractivity contribution in [3.05, 3.63) is 35.0 Å². The van der Waals surface area contributed by atoms with E-state index in [9.17, 15) is 8.42 Å². The van der Waals surface area contributed by atoms with Crippen molar-refractivity contribution in [1.82, 2.24) is 9.29 Å². The van der Waals surface area contributed by atoms with Crippen LogP contribution in [0.1, 0.15) is 18.9 Å². The topological polar surface area (TPSA) is 63.5 Å². The van der Waals surface area contributed by atoms with E-state index >= 15 is 0 Å². The van der Waals surface area contributed by atoms with Crippen LogP contribution in [0, 0.1) is 0 Å². The van der Waals surface area contributed by atoms with Gasteiger partial charge in [-0.05, 0) is 24.1 Å². The molecular formula is C15H18ClN3O2S. The second-order valence-electron chi connectivity index (χ2n) is 5.33. The van der Waals surface area contributed by atoms with Crippen LogP contribution in [0.5, 0.6) is 0 Å². The molecule has 1 N–H and O–H groups in total. The molecule has 0 saturated carbocycles. The normalized spacial score (nSPS) is 15.1. The third-order valence-corrected chi connectivity index (χ3v) is 5.83. The minimum absolute atomic E-state index is 0.113. The van der Waals surface area contributed by atoms with Crippen LogP contribution in [0.15, 0.2) is 29.4 Å². The maximum Gasteiger partial charge on any atom is 0.238 e. The van der Waals surface area contributed by atoms with Gasteiger partial charge < -0.3 is 5.32 Å². The smallest absolute Gasteiger partial charge is 0.238 e. The van der Waals surface area contributed by atoms with Crippen LogP contribution in [-0.2, 0) is 16.4 Å². The highest BCUT2D eigenvalue weighted by molar-refractivity contribution is 7.90. The highest BCUT2D eigenvalue weighted by atomic mass is 35.5. The number of rotatable bonds is 5. The van der Waals surface area contributed by atoms with Gasteiger partial charge in [-0.3, -0.25) is 4.99 Å². The molecule has 1 aliphatic rings. The first-order chi connectivity index (χ1) is 10.5. The Kier molecular flexibility index (Phi) is 4.14. The fourth-order valence-electron chi connectivity index (χ4n) is 2.76. The lowest BCUT2D eigenvalue weighted by molar-refractivity contribution is 0.587. The number of aromatic nitrogens is 1. The number of hydrogen-bond acceptors (Lipinski definition) is 4. The van der Waals surface area contributed by atoms with Crippen LogP contribution in [0.25, 0.3) is 10.9 Å². The number of halogens is 1. The first-order valence-corrected chi connectivity index (χ1v) is 9.30. The van der Waals surface area contributed by atoms with Crippen molar-refractivity contribution < 1.29 is 8.42 Å². The van der Waals surface area contributed by atoms with Crippen molar-refractivity contribution in [2.75, 3.05) is 18.8 Å². The summed E-state index contributed by atoms with van der Waals surface area (Å²) in [5.41, 5.74) is 1.52. The Hall–Kier alpha value is -1.53. The molecule has 0 radical (unpaired) electrons. The van der Waals surface area contributed by atoms with E-state index in [2.05, 4.69) is 10.3 Å². The van der Waals surface area contributed by atoms with E-state index in [0.717, 1.165) is 29.9 Å². The standard InChI is InChI=1S/C15H18ClN3O2S/c1-2-8-22(20,21)19-10-11(9-14-17-6-7-18-14)15-12(16)4-3-5-13(15)19/h3-5,10H,2,6-9H2,1H3,(H,17,18). The predicted octanol–water partition coefficient (Wildman–Crippen LogP) is 2.43. The molecule has 22 heavy (non-hydrogen) atoms. The van der Waals surface area contributed by atoms with Crippen LogP contribution >= 0.6 is 11.6 Å². The Bertz CT molecular complexity index is 840. The summed E-state index contributed by atoms with van der Waals surface area (Å²) in [7, 11) is -3.37. The van der Waals surface area contributed by atoms with Gasteiger partial charge in [0.25, 0.3) is 0 Å². The van der Waals surface area contributed by atoms with Crippen LogP contribution in [0.2, 0.25) is 5.02 Å². The summed E-state index contributed by atoms with van der Waals surface area (Å²) in [6.45, 7) is 3.44. The number of hydrogen-bond donors (Lipinski definition) is 1. The van der Waals surface area contributed by atoms with Crippen LogP contribution < -0.4 is 5.32 Å². The van der Waals surface area contributed by atoms with Crippen molar-refractivity contribution in [2.24, 2.45) is 4.99 Å². The van der Waals surface area contributed by atoms with Crippen LogP contribution in [0.4, 0.5) is 0 Å². The third kappa shape index (κ3) is 2.73. The summed E-state index contributed by atoms with van der Waals surface area (Å²) in [6.07, 6.45) is 2.82. The third-order valence-electron chi connectivity index (χ3n) is 3.69. The van der Waals surface area contributed by atoms with Crippen molar-refractivity contribution >= 4 is 38.4 Å². The van der Waals surface area contributed by atoms with Gasteiger partial charge in [-0.2, -0.15) is 0 Å². The number of nitrogens with zero attached hydrogens (tertiary/aromatic N) is 2. The van der Waals surface area contributed by atoms with Crippen LogP contribution in [0.3, 0.4) is 0 Å². The lowest BCUT2D eigenvalue weighted by Crippen LogP contribution is -2.20. The maximum atomic E-state index is 12.5. The quantitative estimate of drug-likeness (QED) is 0.910. The van der Waals surface area contributed by atoms with Crippen molar-refractivity contribution in [2.45, 2.75) is 19.8 Å². The fraction of sp³-hybridized carbons (Fsp3) is 0.400. The average molecular weight is 340 g/mol. The number of amidine groups is 1. The first kappa shape index (κ1) is 15.4. The van der Waals surface area contributed by atoms with E-state index in [4.69, 9.17) is 11.6 Å². The number of aliphatic imine (C=N–C) groups is 1. The SMILES string of the molecule is CCCS(=O)(=O)n1cc(CC2=NCCN2)c2c(Cl)cccc21. The zero-order valence-corrected chi connectivity index (χ0v) is 13.9. The Morgan fingerprint density at radius 1 is 1.41 bits per heavy atom. The Balaban J connectivity index is 2.16. The van der Waals surface area contributed by atoms with Crippen molar-refractivity contribution in [3.63, 3.8) is 0 Å². The fourth-order valence-corrected chi connectivity index (χ4v) is 4.50. The number of benzene rings is 1. The summed E-state index contributed by atoms with van der Waals surface area (Å²) in [4.78, 5) is 4.38. The molecule has 0 bridgehead atoms. The van der Waals surface area contributed by atoms with Gasteiger partial charge in [0, 0.05) is 24.5 Å². The molecule has 118 valence electrons. The molecule has 1 aliphatic heterocycles. The molecule has 0 unspecified atom stereocenters. The maximum absolute atomic E-state index is 12.5. The Morgan fingerprint density at radius 3 is 2.91 bits per heavy atom. The summed E-state index contributed by atoms with van der Waals surface area (Å²) in [6, 6.07) is 5.35. The van der Waals surface area contributed by atoms with Crippen molar-refractivity contribution in [3.8, 4) is 0 Å². The molecule has 0 fully saturated rings. The van der Waals surface area contributed by atoms with E-state index in [1.807, 2.05) is 6.92 Å². The van der Waals surface area contributed by atoms with E-state index in [1.165, 1.54) is 3.97 Å². The molecule has 2 heterocycles. The van der Waals surface area contributed by atoms with E-state index in [-0.39, 0.29) is 5.75 Å². The molecule has 0 aliphatic carbocycles. The second-order valence-corrected chi connectivity index (χ2v) is 7.70. The predicted molar refractivity (Wildman–Crippen MR) is 90.4 cm³/mol.